The van der Waals surface area contributed by atoms with Crippen molar-refractivity contribution in [3.05, 3.63) is 56.0 Å². The van der Waals surface area contributed by atoms with E-state index in [-0.39, 0.29) is 6.04 Å². The first-order chi connectivity index (χ1) is 8.79. The Labute approximate surface area is 123 Å². The largest absolute Gasteiger partial charge is 0.309 e. The maximum absolute atomic E-state index is 3.54. The van der Waals surface area contributed by atoms with Gasteiger partial charge in [-0.25, -0.2) is 0 Å². The minimum Gasteiger partial charge on any atom is -0.309 e. The normalized spacial score (nSPS) is 13.0. The van der Waals surface area contributed by atoms with E-state index in [2.05, 4.69) is 62.3 Å². The number of hydrogen-bond acceptors (Lipinski definition) is 3. The lowest BCUT2D eigenvalue weighted by molar-refractivity contribution is 0.700. The van der Waals surface area contributed by atoms with E-state index in [1.54, 1.807) is 11.3 Å². The Morgan fingerprint density at radius 2 is 2.11 bits per heavy atom. The van der Waals surface area contributed by atoms with Crippen molar-refractivity contribution >= 4 is 48.7 Å². The van der Waals surface area contributed by atoms with Crippen LogP contribution in [0.3, 0.4) is 0 Å². The first-order valence-corrected chi connectivity index (χ1v) is 8.22. The summed E-state index contributed by atoms with van der Waals surface area (Å²) >= 11 is 7.08. The first-order valence-electron chi connectivity index (χ1n) is 5.67. The van der Waals surface area contributed by atoms with Crippen molar-refractivity contribution in [2.45, 2.75) is 6.04 Å². The predicted octanol–water partition coefficient (Wildman–Crippen LogP) is 5.03. The van der Waals surface area contributed by atoms with Crippen molar-refractivity contribution in [3.8, 4) is 0 Å². The van der Waals surface area contributed by atoms with Gasteiger partial charge >= 0.3 is 0 Å². The molecule has 1 aromatic carbocycles. The number of nitrogens with one attached hydrogen (secondary N) is 1. The average Bonchev–Trinajstić information content (AvgIpc) is 2.99. The molecule has 1 nitrogen and oxygen atoms in total. The molecule has 1 unspecified atom stereocenters. The SMILES string of the molecule is CNC(c1csc(Br)c1)c1cccc2ccsc12. The molecule has 92 valence electrons. The molecule has 4 heteroatoms. The van der Waals surface area contributed by atoms with Crippen molar-refractivity contribution < 1.29 is 0 Å². The van der Waals surface area contributed by atoms with Crippen molar-refractivity contribution in [1.29, 1.82) is 0 Å². The lowest BCUT2D eigenvalue weighted by Gasteiger charge is -2.16. The van der Waals surface area contributed by atoms with E-state index >= 15 is 0 Å². The van der Waals surface area contributed by atoms with Crippen LogP contribution < -0.4 is 5.32 Å². The monoisotopic (exact) mass is 337 g/mol. The second-order valence-corrected chi connectivity index (χ2v) is 7.30. The van der Waals surface area contributed by atoms with Gasteiger partial charge in [-0.3, -0.25) is 0 Å². The highest BCUT2D eigenvalue weighted by Crippen LogP contribution is 2.34. The Kier molecular flexibility index (Phi) is 3.52. The molecule has 3 aromatic rings. The Morgan fingerprint density at radius 3 is 2.83 bits per heavy atom. The van der Waals surface area contributed by atoms with Gasteiger partial charge < -0.3 is 5.32 Å². The Balaban J connectivity index is 2.14. The van der Waals surface area contributed by atoms with E-state index < -0.39 is 0 Å². The summed E-state index contributed by atoms with van der Waals surface area (Å²) in [6, 6.07) is 11.2. The summed E-state index contributed by atoms with van der Waals surface area (Å²) in [6.45, 7) is 0. The van der Waals surface area contributed by atoms with E-state index in [9.17, 15) is 0 Å². The van der Waals surface area contributed by atoms with Gasteiger partial charge in [-0.15, -0.1) is 22.7 Å². The Hall–Kier alpha value is -0.680. The molecule has 0 fully saturated rings. The predicted molar refractivity (Wildman–Crippen MR) is 84.7 cm³/mol. The minimum absolute atomic E-state index is 0.259. The van der Waals surface area contributed by atoms with E-state index in [0.29, 0.717) is 0 Å². The van der Waals surface area contributed by atoms with Gasteiger partial charge in [0.25, 0.3) is 0 Å². The molecule has 0 bridgehead atoms. The molecule has 3 rings (SSSR count). The van der Waals surface area contributed by atoms with Crippen molar-refractivity contribution in [2.24, 2.45) is 0 Å². The van der Waals surface area contributed by atoms with E-state index in [4.69, 9.17) is 0 Å². The lowest BCUT2D eigenvalue weighted by atomic mass is 10.0. The van der Waals surface area contributed by atoms with Crippen molar-refractivity contribution in [3.63, 3.8) is 0 Å². The maximum atomic E-state index is 3.54. The molecular weight excluding hydrogens is 326 g/mol. The van der Waals surface area contributed by atoms with Crippen LogP contribution in [0.15, 0.2) is 44.9 Å². The molecule has 0 aliphatic rings. The number of rotatable bonds is 3. The van der Waals surface area contributed by atoms with Crippen LogP contribution in [-0.4, -0.2) is 7.05 Å². The van der Waals surface area contributed by atoms with Gasteiger partial charge in [-0.05, 0) is 62.4 Å². The fraction of sp³-hybridized carbons (Fsp3) is 0.143. The van der Waals surface area contributed by atoms with Gasteiger partial charge in [-0.2, -0.15) is 0 Å². The van der Waals surface area contributed by atoms with Crippen LogP contribution in [0.2, 0.25) is 0 Å². The third kappa shape index (κ3) is 2.14. The Morgan fingerprint density at radius 1 is 1.22 bits per heavy atom. The molecule has 1 atom stereocenters. The molecule has 0 saturated heterocycles. The molecule has 0 radical (unpaired) electrons. The number of halogens is 1. The molecule has 0 spiro atoms. The van der Waals surface area contributed by atoms with Crippen LogP contribution in [-0.2, 0) is 0 Å². The molecule has 2 aromatic heterocycles. The first kappa shape index (κ1) is 12.4. The molecule has 0 aliphatic carbocycles. The molecule has 0 saturated carbocycles. The maximum Gasteiger partial charge on any atom is 0.0701 e. The van der Waals surface area contributed by atoms with E-state index in [1.165, 1.54) is 25.0 Å². The second-order valence-electron chi connectivity index (χ2n) is 4.09. The van der Waals surface area contributed by atoms with E-state index in [1.807, 2.05) is 18.4 Å². The van der Waals surface area contributed by atoms with Gasteiger partial charge in [0.1, 0.15) is 0 Å². The summed E-state index contributed by atoms with van der Waals surface area (Å²) in [5, 5.41) is 9.11. The van der Waals surface area contributed by atoms with Crippen LogP contribution in [0, 0.1) is 0 Å². The number of hydrogen-bond donors (Lipinski definition) is 1. The van der Waals surface area contributed by atoms with Crippen LogP contribution in [0.25, 0.3) is 10.1 Å². The highest BCUT2D eigenvalue weighted by molar-refractivity contribution is 9.11. The van der Waals surface area contributed by atoms with Crippen molar-refractivity contribution in [1.82, 2.24) is 5.32 Å². The zero-order valence-electron chi connectivity index (χ0n) is 9.81. The lowest BCUT2D eigenvalue weighted by Crippen LogP contribution is -2.16. The topological polar surface area (TPSA) is 12.0 Å². The fourth-order valence-electron chi connectivity index (χ4n) is 2.22. The third-order valence-electron chi connectivity index (χ3n) is 3.03. The molecule has 0 amide bonds. The van der Waals surface area contributed by atoms with Gasteiger partial charge in [0.05, 0.1) is 9.83 Å². The Bertz CT molecular complexity index is 671. The summed E-state index contributed by atoms with van der Waals surface area (Å²) in [4.78, 5) is 0. The van der Waals surface area contributed by atoms with E-state index in [0.717, 1.165) is 0 Å². The highest BCUT2D eigenvalue weighted by Gasteiger charge is 2.16. The standard InChI is InChI=1S/C14H12BrNS2/c1-16-13(10-7-12(15)18-8-10)11-4-2-3-9-5-6-17-14(9)11/h2-8,13,16H,1H3. The molecule has 18 heavy (non-hydrogen) atoms. The van der Waals surface area contributed by atoms with Crippen LogP contribution in [0.4, 0.5) is 0 Å². The molecular formula is C14H12BrNS2. The van der Waals surface area contributed by atoms with Crippen LogP contribution in [0.5, 0.6) is 0 Å². The third-order valence-corrected chi connectivity index (χ3v) is 5.53. The van der Waals surface area contributed by atoms with Gasteiger partial charge in [-0.1, -0.05) is 18.2 Å². The summed E-state index contributed by atoms with van der Waals surface area (Å²) in [6.07, 6.45) is 0. The molecule has 1 N–H and O–H groups in total. The number of thiophene rings is 2. The van der Waals surface area contributed by atoms with Gasteiger partial charge in [0.15, 0.2) is 0 Å². The summed E-state index contributed by atoms with van der Waals surface area (Å²) in [7, 11) is 2.02. The van der Waals surface area contributed by atoms with Crippen molar-refractivity contribution in [2.75, 3.05) is 7.05 Å². The number of fused-ring (bicyclic) bond motifs is 1. The fourth-order valence-corrected chi connectivity index (χ4v) is 4.37. The van der Waals surface area contributed by atoms with Crippen LogP contribution >= 0.6 is 38.6 Å². The van der Waals surface area contributed by atoms with Gasteiger partial charge in [0, 0.05) is 4.70 Å². The molecule has 2 heterocycles. The zero-order chi connectivity index (χ0) is 12.5. The number of benzene rings is 1. The second kappa shape index (κ2) is 5.13. The zero-order valence-corrected chi connectivity index (χ0v) is 13.0. The highest BCUT2D eigenvalue weighted by atomic mass is 79.9. The molecule has 0 aliphatic heterocycles. The minimum atomic E-state index is 0.259. The van der Waals surface area contributed by atoms with Gasteiger partial charge in [0.2, 0.25) is 0 Å². The summed E-state index contributed by atoms with van der Waals surface area (Å²) in [5.74, 6) is 0. The average molecular weight is 338 g/mol. The van der Waals surface area contributed by atoms with Crippen LogP contribution in [0.1, 0.15) is 17.2 Å². The summed E-state index contributed by atoms with van der Waals surface area (Å²) < 4.78 is 2.55. The quantitative estimate of drug-likeness (QED) is 0.706. The summed E-state index contributed by atoms with van der Waals surface area (Å²) in [5.41, 5.74) is 2.67. The smallest absolute Gasteiger partial charge is 0.0701 e.